The van der Waals surface area contributed by atoms with E-state index in [2.05, 4.69) is 116 Å². The second-order valence-electron chi connectivity index (χ2n) is 9.07. The summed E-state index contributed by atoms with van der Waals surface area (Å²) in [4.78, 5) is 2.26. The Morgan fingerprint density at radius 2 is 1.17 bits per heavy atom. The molecular formula is C31H29Br2NO. The number of aryl methyl sites for hydroxylation is 1. The van der Waals surface area contributed by atoms with Crippen LogP contribution in [0.15, 0.2) is 93.9 Å². The number of rotatable bonds is 8. The summed E-state index contributed by atoms with van der Waals surface area (Å²) in [6.07, 6.45) is 7.79. The molecule has 0 atom stereocenters. The fourth-order valence-electron chi connectivity index (χ4n) is 4.63. The average Bonchev–Trinajstić information content (AvgIpc) is 2.87. The van der Waals surface area contributed by atoms with E-state index >= 15 is 0 Å². The van der Waals surface area contributed by atoms with Crippen molar-refractivity contribution in [3.63, 3.8) is 0 Å². The lowest BCUT2D eigenvalue weighted by Gasteiger charge is -2.33. The number of hydrogen-bond acceptors (Lipinski definition) is 2. The Balaban J connectivity index is 1.37. The molecule has 2 nitrogen and oxygen atoms in total. The Labute approximate surface area is 225 Å². The summed E-state index contributed by atoms with van der Waals surface area (Å²) >= 11 is 7.15. The first-order valence-corrected chi connectivity index (χ1v) is 14.0. The summed E-state index contributed by atoms with van der Waals surface area (Å²) in [5.41, 5.74) is 7.07. The van der Waals surface area contributed by atoms with Gasteiger partial charge in [-0.2, -0.15) is 0 Å². The smallest absolute Gasteiger partial charge is 0.152 e. The molecule has 1 heterocycles. The third kappa shape index (κ3) is 5.49. The lowest BCUT2D eigenvalue weighted by atomic mass is 10.0. The van der Waals surface area contributed by atoms with Gasteiger partial charge < -0.3 is 9.64 Å². The van der Waals surface area contributed by atoms with Crippen LogP contribution in [0.25, 0.3) is 11.1 Å². The van der Waals surface area contributed by atoms with Gasteiger partial charge in [0.2, 0.25) is 0 Å². The van der Waals surface area contributed by atoms with E-state index < -0.39 is 0 Å². The van der Waals surface area contributed by atoms with Crippen molar-refractivity contribution in [3.8, 4) is 22.6 Å². The highest BCUT2D eigenvalue weighted by molar-refractivity contribution is 9.10. The number of nitrogens with zero attached hydrogens (tertiary/aromatic N) is 1. The van der Waals surface area contributed by atoms with Crippen LogP contribution >= 0.6 is 31.9 Å². The minimum absolute atomic E-state index is 0.833. The zero-order valence-corrected chi connectivity index (χ0v) is 23.1. The van der Waals surface area contributed by atoms with Gasteiger partial charge in [-0.05, 0) is 78.1 Å². The molecule has 0 radical (unpaired) electrons. The molecule has 4 aromatic carbocycles. The zero-order valence-electron chi connectivity index (χ0n) is 19.9. The lowest BCUT2D eigenvalue weighted by Crippen LogP contribution is -2.15. The second kappa shape index (κ2) is 11.0. The van der Waals surface area contributed by atoms with Crippen molar-refractivity contribution >= 4 is 48.9 Å². The maximum absolute atomic E-state index is 6.24. The maximum Gasteiger partial charge on any atom is 0.152 e. The Bertz CT molecular complexity index is 1250. The van der Waals surface area contributed by atoms with E-state index in [1.165, 1.54) is 55.2 Å². The third-order valence-electron chi connectivity index (χ3n) is 6.53. The molecule has 0 spiro atoms. The molecule has 1 aliphatic rings. The number of hydrogen-bond donors (Lipinski definition) is 0. The number of anilines is 3. The van der Waals surface area contributed by atoms with Crippen LogP contribution in [-0.2, 0) is 6.42 Å². The van der Waals surface area contributed by atoms with Crippen LogP contribution in [0, 0.1) is 0 Å². The summed E-state index contributed by atoms with van der Waals surface area (Å²) in [5.74, 6) is 1.67. The average molecular weight is 591 g/mol. The molecule has 1 aliphatic heterocycles. The van der Waals surface area contributed by atoms with Crippen LogP contribution in [-0.4, -0.2) is 0 Å². The highest BCUT2D eigenvalue weighted by Crippen LogP contribution is 2.51. The van der Waals surface area contributed by atoms with E-state index in [0.29, 0.717) is 0 Å². The Kier molecular flexibility index (Phi) is 7.60. The second-order valence-corrected chi connectivity index (χ2v) is 10.9. The Hall–Kier alpha value is -2.56. The predicted molar refractivity (Wildman–Crippen MR) is 154 cm³/mol. The number of fused-ring (bicyclic) bond motifs is 2. The van der Waals surface area contributed by atoms with Crippen molar-refractivity contribution in [1.82, 2.24) is 0 Å². The van der Waals surface area contributed by atoms with Crippen molar-refractivity contribution in [1.29, 1.82) is 0 Å². The quantitative estimate of drug-likeness (QED) is 0.167. The standard InChI is InChI=1S/C31H29Br2NO/c1-2-3-4-5-6-7-22-8-10-23(11-9-22)24-12-16-27(17-13-24)34-28-18-14-25(32)20-30(28)35-31-21-26(33)15-19-29(31)34/h8-21H,2-7H2,1H3. The van der Waals surface area contributed by atoms with Crippen molar-refractivity contribution in [2.45, 2.75) is 45.4 Å². The molecule has 35 heavy (non-hydrogen) atoms. The summed E-state index contributed by atoms with van der Waals surface area (Å²) in [6.45, 7) is 2.27. The van der Waals surface area contributed by atoms with Crippen molar-refractivity contribution in [2.75, 3.05) is 4.90 Å². The van der Waals surface area contributed by atoms with Crippen molar-refractivity contribution in [2.24, 2.45) is 0 Å². The van der Waals surface area contributed by atoms with Gasteiger partial charge in [0.1, 0.15) is 0 Å². The molecule has 0 aliphatic carbocycles. The molecule has 5 rings (SSSR count). The van der Waals surface area contributed by atoms with Crippen LogP contribution in [0.2, 0.25) is 0 Å². The minimum Gasteiger partial charge on any atom is -0.453 e. The highest BCUT2D eigenvalue weighted by Gasteiger charge is 2.26. The molecule has 0 bridgehead atoms. The van der Waals surface area contributed by atoms with E-state index in [1.54, 1.807) is 0 Å². The number of ether oxygens (including phenoxy) is 1. The number of benzene rings is 4. The van der Waals surface area contributed by atoms with Gasteiger partial charge in [-0.3, -0.25) is 0 Å². The van der Waals surface area contributed by atoms with Crippen molar-refractivity contribution < 1.29 is 4.74 Å². The first-order valence-electron chi connectivity index (χ1n) is 12.4. The summed E-state index contributed by atoms with van der Waals surface area (Å²) < 4.78 is 8.23. The van der Waals surface area contributed by atoms with Gasteiger partial charge >= 0.3 is 0 Å². The zero-order chi connectivity index (χ0) is 24.2. The fraction of sp³-hybridized carbons (Fsp3) is 0.226. The van der Waals surface area contributed by atoms with Crippen LogP contribution in [0.4, 0.5) is 17.1 Å². The topological polar surface area (TPSA) is 12.5 Å². The van der Waals surface area contributed by atoms with Crippen molar-refractivity contribution in [3.05, 3.63) is 99.4 Å². The summed E-state index contributed by atoms with van der Waals surface area (Å²) in [5, 5.41) is 0. The molecule has 0 saturated carbocycles. The van der Waals surface area contributed by atoms with Gasteiger partial charge in [-0.15, -0.1) is 0 Å². The van der Waals surface area contributed by atoms with E-state index in [0.717, 1.165) is 37.5 Å². The lowest BCUT2D eigenvalue weighted by molar-refractivity contribution is 0.476. The molecule has 0 N–H and O–H groups in total. The maximum atomic E-state index is 6.24. The monoisotopic (exact) mass is 589 g/mol. The van der Waals surface area contributed by atoms with Crippen LogP contribution in [0.3, 0.4) is 0 Å². The minimum atomic E-state index is 0.833. The summed E-state index contributed by atoms with van der Waals surface area (Å²) in [6, 6.07) is 30.2. The Morgan fingerprint density at radius 1 is 0.629 bits per heavy atom. The molecular weight excluding hydrogens is 562 g/mol. The van der Waals surface area contributed by atoms with E-state index in [-0.39, 0.29) is 0 Å². The molecule has 0 saturated heterocycles. The predicted octanol–water partition coefficient (Wildman–Crippen LogP) is 11.0. The van der Waals surface area contributed by atoms with Crippen LogP contribution in [0.5, 0.6) is 11.5 Å². The SMILES string of the molecule is CCCCCCCc1ccc(-c2ccc(N3c4ccc(Br)cc4Oc4cc(Br)ccc43)cc2)cc1. The van der Waals surface area contributed by atoms with E-state index in [1.807, 2.05) is 12.1 Å². The first kappa shape index (κ1) is 24.1. The number of halogens is 2. The van der Waals surface area contributed by atoms with Gasteiger partial charge in [0.05, 0.1) is 11.4 Å². The summed E-state index contributed by atoms with van der Waals surface area (Å²) in [7, 11) is 0. The molecule has 0 aromatic heterocycles. The fourth-order valence-corrected chi connectivity index (χ4v) is 5.31. The molecule has 178 valence electrons. The largest absolute Gasteiger partial charge is 0.453 e. The molecule has 0 amide bonds. The van der Waals surface area contributed by atoms with Gasteiger partial charge in [-0.1, -0.05) is 101 Å². The Morgan fingerprint density at radius 3 is 1.74 bits per heavy atom. The molecule has 0 unspecified atom stereocenters. The highest BCUT2D eigenvalue weighted by atomic mass is 79.9. The third-order valence-corrected chi connectivity index (χ3v) is 7.51. The molecule has 4 aromatic rings. The van der Waals surface area contributed by atoms with Gasteiger partial charge in [0.15, 0.2) is 11.5 Å². The van der Waals surface area contributed by atoms with Gasteiger partial charge in [0.25, 0.3) is 0 Å². The van der Waals surface area contributed by atoms with Gasteiger partial charge in [0, 0.05) is 14.6 Å². The normalized spacial score (nSPS) is 12.1. The van der Waals surface area contributed by atoms with E-state index in [9.17, 15) is 0 Å². The molecule has 0 fully saturated rings. The van der Waals surface area contributed by atoms with Crippen LogP contribution in [0.1, 0.15) is 44.6 Å². The van der Waals surface area contributed by atoms with Gasteiger partial charge in [-0.25, -0.2) is 0 Å². The van der Waals surface area contributed by atoms with Crippen LogP contribution < -0.4 is 9.64 Å². The van der Waals surface area contributed by atoms with E-state index in [4.69, 9.17) is 4.74 Å². The molecule has 4 heteroatoms. The first-order chi connectivity index (χ1) is 17.1. The number of unbranched alkanes of at least 4 members (excludes halogenated alkanes) is 4.